The Kier molecular flexibility index (Phi) is 7.11. The summed E-state index contributed by atoms with van der Waals surface area (Å²) in [5.41, 5.74) is 1.50. The second kappa shape index (κ2) is 8.95. The minimum atomic E-state index is -4.05. The number of rotatable bonds is 6. The zero-order chi connectivity index (χ0) is 21.1. The number of hydrogen-bond acceptors (Lipinski definition) is 5. The van der Waals surface area contributed by atoms with Gasteiger partial charge in [-0.15, -0.1) is 4.31 Å². The van der Waals surface area contributed by atoms with E-state index in [4.69, 9.17) is 4.74 Å². The van der Waals surface area contributed by atoms with Crippen molar-refractivity contribution in [3.63, 3.8) is 0 Å². The molecule has 0 aliphatic heterocycles. The molecule has 0 aliphatic rings. The van der Waals surface area contributed by atoms with Gasteiger partial charge in [0.05, 0.1) is 19.0 Å². The fourth-order valence-corrected chi connectivity index (χ4v) is 5.13. The number of hydrogen-bond donors (Lipinski definition) is 0. The minimum Gasteiger partial charge on any atom is -0.572 e. The number of ether oxygens (including phenoxy) is 1. The average Bonchev–Trinajstić information content (AvgIpc) is 2.66. The van der Waals surface area contributed by atoms with E-state index in [0.717, 1.165) is 16.9 Å². The molecular weight excluding hydrogens is 400 g/mol. The number of benzene rings is 2. The molecule has 28 heavy (non-hydrogen) atoms. The van der Waals surface area contributed by atoms with Crippen LogP contribution in [0.4, 0.5) is 4.79 Å². The van der Waals surface area contributed by atoms with Crippen molar-refractivity contribution in [1.82, 2.24) is 8.02 Å². The van der Waals surface area contributed by atoms with Crippen LogP contribution in [-0.2, 0) is 21.6 Å². The second-order valence-corrected chi connectivity index (χ2v) is 10.2. The van der Waals surface area contributed by atoms with Crippen LogP contribution in [0, 0.1) is 6.92 Å². The zero-order valence-electron chi connectivity index (χ0n) is 16.4. The van der Waals surface area contributed by atoms with Crippen LogP contribution in [0.2, 0.25) is 0 Å². The highest BCUT2D eigenvalue weighted by molar-refractivity contribution is 8.03. The maximum absolute atomic E-state index is 12.8. The fraction of sp³-hybridized carbons (Fsp3) is 0.316. The minimum absolute atomic E-state index is 0.0252. The normalized spacial score (nSPS) is 12.9. The molecule has 0 saturated carbocycles. The molecule has 1 amide bonds. The van der Waals surface area contributed by atoms with E-state index in [9.17, 15) is 17.8 Å². The molecule has 152 valence electrons. The second-order valence-electron chi connectivity index (χ2n) is 6.50. The Morgan fingerprint density at radius 1 is 1.11 bits per heavy atom. The Labute approximate surface area is 169 Å². The number of carbonyl (C=O) groups is 1. The molecule has 2 aromatic carbocycles. The molecular formula is C19H24N2O5S2. The molecule has 0 heterocycles. The summed E-state index contributed by atoms with van der Waals surface area (Å²) in [7, 11) is -1.68. The van der Waals surface area contributed by atoms with Crippen molar-refractivity contribution in [2.75, 3.05) is 14.1 Å². The van der Waals surface area contributed by atoms with Gasteiger partial charge in [-0.25, -0.2) is 13.2 Å². The molecule has 0 spiro atoms. The van der Waals surface area contributed by atoms with Crippen molar-refractivity contribution in [3.05, 3.63) is 59.7 Å². The maximum atomic E-state index is 12.8. The van der Waals surface area contributed by atoms with Crippen LogP contribution in [0.15, 0.2) is 53.4 Å². The van der Waals surface area contributed by atoms with Gasteiger partial charge in [-0.05, 0) is 42.2 Å². The van der Waals surface area contributed by atoms with Gasteiger partial charge in [-0.3, -0.25) is 0 Å². The molecule has 0 fully saturated rings. The summed E-state index contributed by atoms with van der Waals surface area (Å²) in [6.07, 6.45) is -0.925. The van der Waals surface area contributed by atoms with Crippen LogP contribution in [0.1, 0.15) is 30.9 Å². The third kappa shape index (κ3) is 4.85. The molecule has 0 N–H and O–H groups in total. The summed E-state index contributed by atoms with van der Waals surface area (Å²) >= 11 is -2.30. The van der Waals surface area contributed by atoms with Crippen LogP contribution in [0.5, 0.6) is 5.75 Å². The summed E-state index contributed by atoms with van der Waals surface area (Å²) in [6.45, 7) is 5.66. The lowest BCUT2D eigenvalue weighted by atomic mass is 10.0. The van der Waals surface area contributed by atoms with Crippen molar-refractivity contribution >= 4 is 27.7 Å². The van der Waals surface area contributed by atoms with Gasteiger partial charge in [0, 0.05) is 3.71 Å². The third-order valence-electron chi connectivity index (χ3n) is 4.15. The summed E-state index contributed by atoms with van der Waals surface area (Å²) in [6, 6.07) is 13.3. The number of carbonyl (C=O) groups excluding carboxylic acids is 1. The van der Waals surface area contributed by atoms with Crippen LogP contribution in [0.25, 0.3) is 0 Å². The highest BCUT2D eigenvalue weighted by Crippen LogP contribution is 2.24. The van der Waals surface area contributed by atoms with Gasteiger partial charge in [-0.2, -0.15) is 0 Å². The smallest absolute Gasteiger partial charge is 0.458 e. The van der Waals surface area contributed by atoms with E-state index in [1.54, 1.807) is 43.3 Å². The fourth-order valence-electron chi connectivity index (χ4n) is 2.41. The van der Waals surface area contributed by atoms with Crippen molar-refractivity contribution in [1.29, 1.82) is 0 Å². The van der Waals surface area contributed by atoms with E-state index in [2.05, 4.69) is 0 Å². The largest absolute Gasteiger partial charge is 0.572 e. The average molecular weight is 425 g/mol. The Hall–Kier alpha value is -2.07. The number of amides is 1. The van der Waals surface area contributed by atoms with Gasteiger partial charge in [-0.1, -0.05) is 44.2 Å². The van der Waals surface area contributed by atoms with Crippen LogP contribution in [-0.4, -0.2) is 41.2 Å². The summed E-state index contributed by atoms with van der Waals surface area (Å²) in [5, 5.41) is 0. The molecule has 9 heteroatoms. The molecule has 0 radical (unpaired) electrons. The lowest BCUT2D eigenvalue weighted by Gasteiger charge is -2.25. The van der Waals surface area contributed by atoms with E-state index in [1.165, 1.54) is 13.1 Å². The molecule has 2 rings (SSSR count). The predicted octanol–water partition coefficient (Wildman–Crippen LogP) is 3.45. The van der Waals surface area contributed by atoms with Gasteiger partial charge < -0.3 is 9.29 Å². The summed E-state index contributed by atoms with van der Waals surface area (Å²) in [5.74, 6) is 0.542. The SMILES string of the molecule is Cc1ccccc1S(=O)(=O)N(C)[S+]([O-])N(C)C(=O)Oc1cccc(C(C)C)c1. The molecule has 1 unspecified atom stereocenters. The first-order chi connectivity index (χ1) is 13.1. The molecule has 0 aromatic heterocycles. The Morgan fingerprint density at radius 3 is 2.36 bits per heavy atom. The lowest BCUT2D eigenvalue weighted by Crippen LogP contribution is -2.46. The van der Waals surface area contributed by atoms with Crippen molar-refractivity contribution in [2.45, 2.75) is 31.6 Å². The van der Waals surface area contributed by atoms with Gasteiger partial charge in [0.1, 0.15) is 5.75 Å². The zero-order valence-corrected chi connectivity index (χ0v) is 18.1. The Bertz CT molecular complexity index is 947. The highest BCUT2D eigenvalue weighted by Gasteiger charge is 2.38. The van der Waals surface area contributed by atoms with Gasteiger partial charge in [0.25, 0.3) is 10.0 Å². The van der Waals surface area contributed by atoms with E-state index < -0.39 is 27.7 Å². The van der Waals surface area contributed by atoms with E-state index >= 15 is 0 Å². The topological polar surface area (TPSA) is 90.0 Å². The first-order valence-corrected chi connectivity index (χ1v) is 11.1. The van der Waals surface area contributed by atoms with E-state index in [0.29, 0.717) is 15.0 Å². The van der Waals surface area contributed by atoms with Gasteiger partial charge >= 0.3 is 6.09 Å². The lowest BCUT2D eigenvalue weighted by molar-refractivity contribution is 0.183. The Morgan fingerprint density at radius 2 is 1.75 bits per heavy atom. The quantitative estimate of drug-likeness (QED) is 0.663. The Balaban J connectivity index is 2.16. The molecule has 2 aromatic rings. The molecule has 7 nitrogen and oxygen atoms in total. The maximum Gasteiger partial charge on any atom is 0.458 e. The van der Waals surface area contributed by atoms with Crippen molar-refractivity contribution in [2.24, 2.45) is 0 Å². The molecule has 0 saturated heterocycles. The van der Waals surface area contributed by atoms with Crippen LogP contribution in [0.3, 0.4) is 0 Å². The van der Waals surface area contributed by atoms with Crippen molar-refractivity contribution < 1.29 is 22.5 Å². The summed E-state index contributed by atoms with van der Waals surface area (Å²) < 4.78 is 44.8. The molecule has 0 bridgehead atoms. The van der Waals surface area contributed by atoms with Crippen LogP contribution >= 0.6 is 0 Å². The van der Waals surface area contributed by atoms with Crippen molar-refractivity contribution in [3.8, 4) is 5.75 Å². The third-order valence-corrected chi connectivity index (χ3v) is 7.87. The monoisotopic (exact) mass is 424 g/mol. The molecule has 0 aliphatic carbocycles. The number of aryl methyl sites for hydroxylation is 1. The van der Waals surface area contributed by atoms with E-state index in [1.807, 2.05) is 19.9 Å². The standard InChI is InChI=1S/C19H24N2O5S2/c1-14(2)16-10-8-11-17(13-16)26-19(22)20(4)27(23)21(5)28(24,25)18-12-7-6-9-15(18)3/h6-14H,1-5H3. The van der Waals surface area contributed by atoms with E-state index in [-0.39, 0.29) is 10.8 Å². The number of nitrogens with zero attached hydrogens (tertiary/aromatic N) is 2. The van der Waals surface area contributed by atoms with Gasteiger partial charge in [0.2, 0.25) is 0 Å². The first kappa shape index (κ1) is 22.2. The van der Waals surface area contributed by atoms with Crippen LogP contribution < -0.4 is 4.74 Å². The molecule has 1 atom stereocenters. The number of sulfonamides is 1. The predicted molar refractivity (Wildman–Crippen MR) is 109 cm³/mol. The first-order valence-electron chi connectivity index (χ1n) is 8.57. The van der Waals surface area contributed by atoms with Gasteiger partial charge in [0.15, 0.2) is 11.5 Å². The highest BCUT2D eigenvalue weighted by atomic mass is 32.3. The summed E-state index contributed by atoms with van der Waals surface area (Å²) in [4.78, 5) is 12.4.